The molecule has 0 aliphatic carbocycles. The molecular formula is C15H19BFNO3. The second-order valence-corrected chi connectivity index (χ2v) is 6.07. The molecule has 0 aromatic heterocycles. The summed E-state index contributed by atoms with van der Waals surface area (Å²) >= 11 is 0. The summed E-state index contributed by atoms with van der Waals surface area (Å²) < 4.78 is 24.5. The van der Waals surface area contributed by atoms with E-state index in [0.717, 1.165) is 5.46 Å². The number of amides is 1. The summed E-state index contributed by atoms with van der Waals surface area (Å²) in [7, 11) is -0.462. The fourth-order valence-electron chi connectivity index (χ4n) is 1.90. The highest BCUT2D eigenvalue weighted by atomic mass is 19.1. The van der Waals surface area contributed by atoms with Crippen LogP contribution >= 0.6 is 0 Å². The van der Waals surface area contributed by atoms with Crippen LogP contribution in [0.3, 0.4) is 0 Å². The monoisotopic (exact) mass is 291 g/mol. The van der Waals surface area contributed by atoms with Crippen LogP contribution in [-0.4, -0.2) is 24.2 Å². The molecule has 0 bridgehead atoms. The Morgan fingerprint density at radius 3 is 2.05 bits per heavy atom. The van der Waals surface area contributed by atoms with Gasteiger partial charge in [0, 0.05) is 5.69 Å². The van der Waals surface area contributed by atoms with Crippen LogP contribution in [0.2, 0.25) is 0 Å². The predicted octanol–water partition coefficient (Wildman–Crippen LogP) is 2.41. The second kappa shape index (κ2) is 5.28. The molecule has 1 aliphatic heterocycles. The lowest BCUT2D eigenvalue weighted by Gasteiger charge is -2.32. The SMILES string of the molecule is C=C(F)C(=O)Nc1ccc(B2OC(C)(C)C(C)(C)O2)cc1. The number of hydrogen-bond acceptors (Lipinski definition) is 3. The summed E-state index contributed by atoms with van der Waals surface area (Å²) in [6.07, 6.45) is 0. The molecule has 0 atom stereocenters. The highest BCUT2D eigenvalue weighted by molar-refractivity contribution is 6.62. The molecule has 4 nitrogen and oxygen atoms in total. The summed E-state index contributed by atoms with van der Waals surface area (Å²) in [5.74, 6) is -1.87. The van der Waals surface area contributed by atoms with Gasteiger partial charge in [-0.2, -0.15) is 0 Å². The number of halogens is 1. The van der Waals surface area contributed by atoms with Crippen LogP contribution in [0.15, 0.2) is 36.7 Å². The van der Waals surface area contributed by atoms with Crippen LogP contribution in [0.5, 0.6) is 0 Å². The van der Waals surface area contributed by atoms with Gasteiger partial charge in [-0.15, -0.1) is 0 Å². The highest BCUT2D eigenvalue weighted by Gasteiger charge is 2.51. The predicted molar refractivity (Wildman–Crippen MR) is 81.0 cm³/mol. The number of rotatable bonds is 3. The van der Waals surface area contributed by atoms with Crippen LogP contribution in [0.1, 0.15) is 27.7 Å². The number of carbonyl (C=O) groups is 1. The molecule has 0 saturated carbocycles. The van der Waals surface area contributed by atoms with E-state index in [4.69, 9.17) is 9.31 Å². The smallest absolute Gasteiger partial charge is 0.399 e. The van der Waals surface area contributed by atoms with Crippen molar-refractivity contribution in [1.29, 1.82) is 0 Å². The zero-order valence-corrected chi connectivity index (χ0v) is 12.7. The molecule has 1 aromatic rings. The normalized spacial score (nSPS) is 19.4. The highest BCUT2D eigenvalue weighted by Crippen LogP contribution is 2.36. The van der Waals surface area contributed by atoms with E-state index in [1.807, 2.05) is 27.7 Å². The molecule has 1 aliphatic rings. The lowest BCUT2D eigenvalue weighted by molar-refractivity contribution is -0.114. The fraction of sp³-hybridized carbons (Fsp3) is 0.400. The van der Waals surface area contributed by atoms with E-state index < -0.39 is 30.1 Å². The van der Waals surface area contributed by atoms with Gasteiger partial charge in [0.25, 0.3) is 5.91 Å². The van der Waals surface area contributed by atoms with Crippen molar-refractivity contribution in [3.63, 3.8) is 0 Å². The summed E-state index contributed by atoms with van der Waals surface area (Å²) in [5.41, 5.74) is 0.511. The van der Waals surface area contributed by atoms with E-state index in [2.05, 4.69) is 11.9 Å². The van der Waals surface area contributed by atoms with E-state index >= 15 is 0 Å². The number of hydrogen-bond donors (Lipinski definition) is 1. The van der Waals surface area contributed by atoms with Gasteiger partial charge in [-0.3, -0.25) is 4.79 Å². The number of anilines is 1. The number of carbonyl (C=O) groups excluding carboxylic acids is 1. The topological polar surface area (TPSA) is 47.6 Å². The van der Waals surface area contributed by atoms with Crippen molar-refractivity contribution < 1.29 is 18.5 Å². The second-order valence-electron chi connectivity index (χ2n) is 6.07. The van der Waals surface area contributed by atoms with Gasteiger partial charge in [-0.05, 0) is 45.3 Å². The van der Waals surface area contributed by atoms with E-state index in [0.29, 0.717) is 5.69 Å². The first-order valence-electron chi connectivity index (χ1n) is 6.74. The Bertz CT molecular complexity index is 553. The van der Waals surface area contributed by atoms with E-state index in [1.54, 1.807) is 24.3 Å². The van der Waals surface area contributed by atoms with Crippen molar-refractivity contribution in [2.24, 2.45) is 0 Å². The van der Waals surface area contributed by atoms with Crippen molar-refractivity contribution >= 4 is 24.2 Å². The summed E-state index contributed by atoms with van der Waals surface area (Å²) in [4.78, 5) is 11.2. The van der Waals surface area contributed by atoms with Gasteiger partial charge in [-0.1, -0.05) is 18.7 Å². The average Bonchev–Trinajstić information content (AvgIpc) is 2.59. The van der Waals surface area contributed by atoms with Gasteiger partial charge in [-0.25, -0.2) is 4.39 Å². The number of benzene rings is 1. The Morgan fingerprint density at radius 2 is 1.62 bits per heavy atom. The van der Waals surface area contributed by atoms with Gasteiger partial charge in [0.1, 0.15) is 0 Å². The summed E-state index contributed by atoms with van der Waals surface area (Å²) in [5, 5.41) is 2.40. The maximum Gasteiger partial charge on any atom is 0.494 e. The lowest BCUT2D eigenvalue weighted by atomic mass is 9.79. The summed E-state index contributed by atoms with van der Waals surface area (Å²) in [6, 6.07) is 6.89. The minimum atomic E-state index is -1.02. The van der Waals surface area contributed by atoms with Crippen LogP contribution < -0.4 is 10.8 Å². The Morgan fingerprint density at radius 1 is 1.14 bits per heavy atom. The zero-order chi connectivity index (χ0) is 15.8. The molecule has 1 saturated heterocycles. The van der Waals surface area contributed by atoms with Gasteiger partial charge in [0.2, 0.25) is 0 Å². The van der Waals surface area contributed by atoms with Gasteiger partial charge in [0.05, 0.1) is 11.2 Å². The van der Waals surface area contributed by atoms with Gasteiger partial charge in [0.15, 0.2) is 5.83 Å². The quantitative estimate of drug-likeness (QED) is 0.687. The molecule has 1 amide bonds. The van der Waals surface area contributed by atoms with Crippen LogP contribution in [0.4, 0.5) is 10.1 Å². The molecule has 112 valence electrons. The third kappa shape index (κ3) is 3.17. The number of nitrogens with one attached hydrogen (secondary N) is 1. The van der Waals surface area contributed by atoms with Gasteiger partial charge >= 0.3 is 7.12 Å². The Hall–Kier alpha value is -1.66. The van der Waals surface area contributed by atoms with Crippen LogP contribution in [-0.2, 0) is 14.1 Å². The molecule has 1 N–H and O–H groups in total. The first-order valence-corrected chi connectivity index (χ1v) is 6.74. The average molecular weight is 291 g/mol. The Labute approximate surface area is 124 Å². The molecule has 6 heteroatoms. The zero-order valence-electron chi connectivity index (χ0n) is 12.7. The molecule has 0 spiro atoms. The van der Waals surface area contributed by atoms with Crippen molar-refractivity contribution in [2.75, 3.05) is 5.32 Å². The van der Waals surface area contributed by atoms with Crippen molar-refractivity contribution in [2.45, 2.75) is 38.9 Å². The maximum absolute atomic E-state index is 12.6. The van der Waals surface area contributed by atoms with Crippen LogP contribution in [0, 0.1) is 0 Å². The minimum absolute atomic E-state index is 0.406. The Kier molecular flexibility index (Phi) is 3.95. The molecule has 0 radical (unpaired) electrons. The molecule has 1 heterocycles. The largest absolute Gasteiger partial charge is 0.494 e. The molecule has 2 rings (SSSR count). The van der Waals surface area contributed by atoms with Crippen molar-refractivity contribution in [3.8, 4) is 0 Å². The molecular weight excluding hydrogens is 272 g/mol. The fourth-order valence-corrected chi connectivity index (χ4v) is 1.90. The standard InChI is InChI=1S/C15H19BFNO3/c1-10(17)13(19)18-12-8-6-11(7-9-12)16-20-14(2,3)15(4,5)21-16/h6-9H,1H2,2-5H3,(H,18,19). The Balaban J connectivity index is 2.10. The summed E-state index contributed by atoms with van der Waals surface area (Å²) in [6.45, 7) is 10.9. The third-order valence-corrected chi connectivity index (χ3v) is 3.94. The molecule has 1 aromatic carbocycles. The minimum Gasteiger partial charge on any atom is -0.399 e. The van der Waals surface area contributed by atoms with Crippen molar-refractivity contribution in [1.82, 2.24) is 0 Å². The molecule has 1 fully saturated rings. The van der Waals surface area contributed by atoms with E-state index in [1.165, 1.54) is 0 Å². The van der Waals surface area contributed by atoms with E-state index in [9.17, 15) is 9.18 Å². The molecule has 21 heavy (non-hydrogen) atoms. The van der Waals surface area contributed by atoms with Crippen LogP contribution in [0.25, 0.3) is 0 Å². The maximum atomic E-state index is 12.6. The van der Waals surface area contributed by atoms with E-state index in [-0.39, 0.29) is 0 Å². The van der Waals surface area contributed by atoms with Crippen molar-refractivity contribution in [3.05, 3.63) is 36.7 Å². The first-order chi connectivity index (χ1) is 9.62. The lowest BCUT2D eigenvalue weighted by Crippen LogP contribution is -2.41. The molecule has 0 unspecified atom stereocenters. The van der Waals surface area contributed by atoms with Gasteiger partial charge < -0.3 is 14.6 Å². The third-order valence-electron chi connectivity index (χ3n) is 3.94. The first kappa shape index (κ1) is 15.7.